The molecule has 0 aliphatic heterocycles. The summed E-state index contributed by atoms with van der Waals surface area (Å²) in [6, 6.07) is 5.49. The van der Waals surface area contributed by atoms with Crippen molar-refractivity contribution in [1.82, 2.24) is 14.5 Å². The van der Waals surface area contributed by atoms with E-state index in [1.54, 1.807) is 6.07 Å². The van der Waals surface area contributed by atoms with Crippen LogP contribution >= 0.6 is 0 Å². The first-order chi connectivity index (χ1) is 10.9. The van der Waals surface area contributed by atoms with E-state index in [9.17, 15) is 8.42 Å². The number of hydrogen-bond donors (Lipinski definition) is 1. The maximum absolute atomic E-state index is 12.5. The zero-order valence-corrected chi connectivity index (χ0v) is 14.7. The summed E-state index contributed by atoms with van der Waals surface area (Å²) < 4.78 is 29.5. The standard InChI is InChI=1S/C17H23N3O2S/c1-12-17(13(2)20(3)19-12)9-10-18-23(21,22)16-8-7-14-5-4-6-15(14)11-16/h7-8,11,18H,4-6,9-10H2,1-3H3. The molecule has 1 aromatic heterocycles. The van der Waals surface area contributed by atoms with Crippen molar-refractivity contribution in [1.29, 1.82) is 0 Å². The van der Waals surface area contributed by atoms with Crippen LogP contribution in [0.4, 0.5) is 0 Å². The van der Waals surface area contributed by atoms with Crippen LogP contribution in [0, 0.1) is 13.8 Å². The molecule has 0 bridgehead atoms. The molecular formula is C17H23N3O2S. The predicted molar refractivity (Wildman–Crippen MR) is 90.0 cm³/mol. The fourth-order valence-electron chi connectivity index (χ4n) is 3.29. The number of nitrogens with zero attached hydrogens (tertiary/aromatic N) is 2. The molecular weight excluding hydrogens is 310 g/mol. The van der Waals surface area contributed by atoms with Gasteiger partial charge in [0.1, 0.15) is 0 Å². The van der Waals surface area contributed by atoms with Crippen LogP contribution in [-0.2, 0) is 36.3 Å². The molecule has 6 heteroatoms. The van der Waals surface area contributed by atoms with Gasteiger partial charge in [-0.25, -0.2) is 13.1 Å². The Labute approximate surface area is 137 Å². The fourth-order valence-corrected chi connectivity index (χ4v) is 4.37. The van der Waals surface area contributed by atoms with Crippen LogP contribution in [0.2, 0.25) is 0 Å². The van der Waals surface area contributed by atoms with Gasteiger partial charge in [-0.05, 0) is 68.4 Å². The van der Waals surface area contributed by atoms with Gasteiger partial charge >= 0.3 is 0 Å². The number of aryl methyl sites for hydroxylation is 4. The molecule has 1 aromatic carbocycles. The predicted octanol–water partition coefficient (Wildman–Crippen LogP) is 2.05. The van der Waals surface area contributed by atoms with E-state index in [1.807, 2.05) is 37.7 Å². The summed E-state index contributed by atoms with van der Waals surface area (Å²) in [5.41, 5.74) is 5.61. The molecule has 5 nitrogen and oxygen atoms in total. The average molecular weight is 333 g/mol. The average Bonchev–Trinajstić information content (AvgIpc) is 3.06. The van der Waals surface area contributed by atoms with Crippen molar-refractivity contribution in [3.8, 4) is 0 Å². The van der Waals surface area contributed by atoms with Gasteiger partial charge < -0.3 is 0 Å². The van der Waals surface area contributed by atoms with Crippen LogP contribution in [0.3, 0.4) is 0 Å². The SMILES string of the molecule is Cc1nn(C)c(C)c1CCNS(=O)(=O)c1ccc2c(c1)CCC2. The summed E-state index contributed by atoms with van der Waals surface area (Å²) in [6.07, 6.45) is 3.80. The third kappa shape index (κ3) is 3.19. The minimum absolute atomic E-state index is 0.373. The second kappa shape index (κ2) is 6.09. The Morgan fingerprint density at radius 3 is 2.65 bits per heavy atom. The summed E-state index contributed by atoms with van der Waals surface area (Å²) in [4.78, 5) is 0.373. The molecule has 1 aliphatic rings. The van der Waals surface area contributed by atoms with Crippen LogP contribution in [-0.4, -0.2) is 24.7 Å². The highest BCUT2D eigenvalue weighted by atomic mass is 32.2. The Morgan fingerprint density at radius 2 is 1.96 bits per heavy atom. The molecule has 0 spiro atoms. The first kappa shape index (κ1) is 16.2. The first-order valence-electron chi connectivity index (χ1n) is 7.99. The molecule has 1 N–H and O–H groups in total. The van der Waals surface area contributed by atoms with E-state index in [0.717, 1.165) is 36.2 Å². The Kier molecular flexibility index (Phi) is 4.29. The van der Waals surface area contributed by atoms with Crippen LogP contribution < -0.4 is 4.72 Å². The number of fused-ring (bicyclic) bond motifs is 1. The molecule has 0 saturated carbocycles. The molecule has 124 valence electrons. The van der Waals surface area contributed by atoms with Crippen molar-refractivity contribution in [3.63, 3.8) is 0 Å². The van der Waals surface area contributed by atoms with E-state index in [-0.39, 0.29) is 0 Å². The summed E-state index contributed by atoms with van der Waals surface area (Å²) in [6.45, 7) is 4.34. The lowest BCUT2D eigenvalue weighted by Gasteiger charge is -2.09. The van der Waals surface area contributed by atoms with E-state index in [4.69, 9.17) is 0 Å². The van der Waals surface area contributed by atoms with Crippen LogP contribution in [0.15, 0.2) is 23.1 Å². The monoisotopic (exact) mass is 333 g/mol. The molecule has 23 heavy (non-hydrogen) atoms. The number of rotatable bonds is 5. The van der Waals surface area contributed by atoms with Gasteiger partial charge in [0.05, 0.1) is 10.6 Å². The number of hydrogen-bond acceptors (Lipinski definition) is 3. The Hall–Kier alpha value is -1.66. The highest BCUT2D eigenvalue weighted by molar-refractivity contribution is 7.89. The van der Waals surface area contributed by atoms with Gasteiger partial charge in [-0.15, -0.1) is 0 Å². The number of aromatic nitrogens is 2. The number of benzene rings is 1. The lowest BCUT2D eigenvalue weighted by molar-refractivity contribution is 0.581. The lowest BCUT2D eigenvalue weighted by Crippen LogP contribution is -2.26. The second-order valence-corrected chi connectivity index (χ2v) is 7.97. The molecule has 2 aromatic rings. The number of nitrogens with one attached hydrogen (secondary N) is 1. The van der Waals surface area contributed by atoms with Crippen LogP contribution in [0.5, 0.6) is 0 Å². The molecule has 0 amide bonds. The van der Waals surface area contributed by atoms with Crippen molar-refractivity contribution in [3.05, 3.63) is 46.3 Å². The summed E-state index contributed by atoms with van der Waals surface area (Å²) in [5, 5.41) is 4.36. The summed E-state index contributed by atoms with van der Waals surface area (Å²) >= 11 is 0. The molecule has 0 saturated heterocycles. The van der Waals surface area contributed by atoms with Gasteiger partial charge in [0, 0.05) is 19.3 Å². The molecule has 3 rings (SSSR count). The molecule has 0 radical (unpaired) electrons. The third-order valence-corrected chi connectivity index (χ3v) is 6.16. The Bertz CT molecular complexity index is 838. The second-order valence-electron chi connectivity index (χ2n) is 6.20. The maximum atomic E-state index is 12.5. The Morgan fingerprint density at radius 1 is 1.22 bits per heavy atom. The third-order valence-electron chi connectivity index (χ3n) is 4.71. The minimum atomic E-state index is -3.45. The molecule has 0 atom stereocenters. The normalized spacial score (nSPS) is 14.2. The highest BCUT2D eigenvalue weighted by Gasteiger charge is 2.18. The van der Waals surface area contributed by atoms with E-state index >= 15 is 0 Å². The Balaban J connectivity index is 1.69. The minimum Gasteiger partial charge on any atom is -0.272 e. The number of sulfonamides is 1. The van der Waals surface area contributed by atoms with Gasteiger partial charge in [0.25, 0.3) is 0 Å². The maximum Gasteiger partial charge on any atom is 0.240 e. The van der Waals surface area contributed by atoms with Gasteiger partial charge in [-0.3, -0.25) is 4.68 Å². The molecule has 0 fully saturated rings. The molecule has 1 heterocycles. The zero-order valence-electron chi connectivity index (χ0n) is 13.9. The van der Waals surface area contributed by atoms with Crippen LogP contribution in [0.25, 0.3) is 0 Å². The zero-order chi connectivity index (χ0) is 16.6. The fraction of sp³-hybridized carbons (Fsp3) is 0.471. The smallest absolute Gasteiger partial charge is 0.240 e. The van der Waals surface area contributed by atoms with Gasteiger partial charge in [-0.1, -0.05) is 6.07 Å². The van der Waals surface area contributed by atoms with E-state index < -0.39 is 10.0 Å². The van der Waals surface area contributed by atoms with Crippen molar-refractivity contribution < 1.29 is 8.42 Å². The van der Waals surface area contributed by atoms with E-state index in [2.05, 4.69) is 9.82 Å². The van der Waals surface area contributed by atoms with E-state index in [0.29, 0.717) is 17.9 Å². The summed E-state index contributed by atoms with van der Waals surface area (Å²) in [5.74, 6) is 0. The largest absolute Gasteiger partial charge is 0.272 e. The van der Waals surface area contributed by atoms with E-state index in [1.165, 1.54) is 11.1 Å². The van der Waals surface area contributed by atoms with Crippen molar-refractivity contribution in [2.24, 2.45) is 7.05 Å². The summed E-state index contributed by atoms with van der Waals surface area (Å²) in [7, 11) is -1.54. The van der Waals surface area contributed by atoms with Gasteiger partial charge in [-0.2, -0.15) is 5.10 Å². The van der Waals surface area contributed by atoms with Gasteiger partial charge in [0.15, 0.2) is 0 Å². The molecule has 1 aliphatic carbocycles. The van der Waals surface area contributed by atoms with Crippen LogP contribution in [0.1, 0.15) is 34.5 Å². The van der Waals surface area contributed by atoms with Gasteiger partial charge in [0.2, 0.25) is 10.0 Å². The van der Waals surface area contributed by atoms with Crippen molar-refractivity contribution >= 4 is 10.0 Å². The quantitative estimate of drug-likeness (QED) is 0.911. The van der Waals surface area contributed by atoms with Crippen molar-refractivity contribution in [2.75, 3.05) is 6.54 Å². The van der Waals surface area contributed by atoms with Crippen molar-refractivity contribution in [2.45, 2.75) is 44.4 Å². The molecule has 0 unspecified atom stereocenters. The highest BCUT2D eigenvalue weighted by Crippen LogP contribution is 2.24. The topological polar surface area (TPSA) is 64.0 Å². The lowest BCUT2D eigenvalue weighted by atomic mass is 10.1. The first-order valence-corrected chi connectivity index (χ1v) is 9.47.